The second-order valence-corrected chi connectivity index (χ2v) is 5.85. The predicted molar refractivity (Wildman–Crippen MR) is 84.9 cm³/mol. The van der Waals surface area contributed by atoms with Crippen LogP contribution in [0.25, 0.3) is 0 Å². The quantitative estimate of drug-likeness (QED) is 0.748. The molecule has 1 amide bonds. The van der Waals surface area contributed by atoms with Crippen LogP contribution in [0.1, 0.15) is 25.0 Å². The molecule has 0 aromatic heterocycles. The second-order valence-electron chi connectivity index (χ2n) is 4.75. The van der Waals surface area contributed by atoms with Crippen LogP contribution in [0.3, 0.4) is 0 Å². The molecule has 0 bridgehead atoms. The molecule has 5 heteroatoms. The Bertz CT molecular complexity index is 463. The van der Waals surface area contributed by atoms with Crippen LogP contribution < -0.4 is 4.90 Å². The first-order valence-corrected chi connectivity index (χ1v) is 7.49. The first-order valence-electron chi connectivity index (χ1n) is 6.62. The molecule has 0 saturated heterocycles. The number of halogens is 2. The number of benzene rings is 1. The number of amides is 1. The van der Waals surface area contributed by atoms with E-state index in [9.17, 15) is 4.79 Å². The average molecular weight is 318 g/mol. The molecule has 0 fully saturated rings. The number of hydrogen-bond donors (Lipinski definition) is 0. The van der Waals surface area contributed by atoms with Gasteiger partial charge in [0.1, 0.15) is 0 Å². The molecule has 0 aliphatic rings. The minimum atomic E-state index is -1.08. The van der Waals surface area contributed by atoms with Crippen LogP contribution in [-0.4, -0.2) is 30.5 Å². The molecule has 0 saturated carbocycles. The van der Waals surface area contributed by atoms with E-state index in [1.165, 1.54) is 0 Å². The van der Waals surface area contributed by atoms with Crippen molar-refractivity contribution in [3.8, 4) is 0 Å². The number of ether oxygens (including phenoxy) is 1. The van der Waals surface area contributed by atoms with Crippen molar-refractivity contribution in [2.45, 2.75) is 38.1 Å². The predicted octanol–water partition coefficient (Wildman–Crippen LogP) is 3.73. The summed E-state index contributed by atoms with van der Waals surface area (Å²) in [7, 11) is 1.61. The Morgan fingerprint density at radius 2 is 2.05 bits per heavy atom. The molecule has 1 atom stereocenters. The van der Waals surface area contributed by atoms with Gasteiger partial charge in [0, 0.05) is 7.11 Å². The summed E-state index contributed by atoms with van der Waals surface area (Å²) in [5.74, 6) is -0.318. The van der Waals surface area contributed by atoms with Crippen molar-refractivity contribution in [1.82, 2.24) is 0 Å². The number of carbonyl (C=O) groups excluding carboxylic acids is 1. The number of aryl methyl sites for hydroxylation is 2. The second kappa shape index (κ2) is 7.87. The number of hydrogen-bond acceptors (Lipinski definition) is 2. The first kappa shape index (κ1) is 17.3. The van der Waals surface area contributed by atoms with E-state index < -0.39 is 4.84 Å². The zero-order valence-electron chi connectivity index (χ0n) is 12.3. The molecule has 0 radical (unpaired) electrons. The zero-order valence-corrected chi connectivity index (χ0v) is 13.8. The third-order valence-corrected chi connectivity index (χ3v) is 3.59. The molecule has 1 aromatic rings. The van der Waals surface area contributed by atoms with Crippen LogP contribution in [0.2, 0.25) is 0 Å². The molecule has 1 aromatic carbocycles. The van der Waals surface area contributed by atoms with Gasteiger partial charge in [-0.05, 0) is 31.4 Å². The van der Waals surface area contributed by atoms with Crippen molar-refractivity contribution in [1.29, 1.82) is 0 Å². The molecule has 0 heterocycles. The smallest absolute Gasteiger partial charge is 0.260 e. The third-order valence-electron chi connectivity index (χ3n) is 3.22. The number of methoxy groups -OCH3 is 1. The van der Waals surface area contributed by atoms with Gasteiger partial charge in [-0.1, -0.05) is 48.3 Å². The van der Waals surface area contributed by atoms with Crippen molar-refractivity contribution in [3.63, 3.8) is 0 Å². The van der Waals surface area contributed by atoms with E-state index in [1.807, 2.05) is 32.0 Å². The van der Waals surface area contributed by atoms with Crippen LogP contribution in [0.4, 0.5) is 5.69 Å². The van der Waals surface area contributed by atoms with Gasteiger partial charge in [-0.25, -0.2) is 0 Å². The largest absolute Gasteiger partial charge is 0.383 e. The molecule has 1 rings (SSSR count). The Morgan fingerprint density at radius 3 is 2.55 bits per heavy atom. The number of alkyl halides is 2. The highest BCUT2D eigenvalue weighted by atomic mass is 35.5. The Labute approximate surface area is 130 Å². The fourth-order valence-corrected chi connectivity index (χ4v) is 2.53. The Hall–Kier alpha value is -0.770. The van der Waals surface area contributed by atoms with Crippen molar-refractivity contribution in [2.24, 2.45) is 0 Å². The molecular weight excluding hydrogens is 297 g/mol. The lowest BCUT2D eigenvalue weighted by molar-refractivity contribution is -0.117. The highest BCUT2D eigenvalue weighted by Crippen LogP contribution is 2.29. The zero-order chi connectivity index (χ0) is 15.3. The SMILES string of the molecule is CCc1cccc(C)c1N(C(=O)C(Cl)Cl)C(C)COC. The van der Waals surface area contributed by atoms with Gasteiger partial charge in [0.25, 0.3) is 5.91 Å². The summed E-state index contributed by atoms with van der Waals surface area (Å²) >= 11 is 11.6. The van der Waals surface area contributed by atoms with E-state index in [0.29, 0.717) is 6.61 Å². The van der Waals surface area contributed by atoms with E-state index in [2.05, 4.69) is 6.92 Å². The van der Waals surface area contributed by atoms with E-state index >= 15 is 0 Å². The number of anilines is 1. The third kappa shape index (κ3) is 3.87. The number of rotatable bonds is 6. The summed E-state index contributed by atoms with van der Waals surface area (Å²) in [5.41, 5.74) is 3.00. The van der Waals surface area contributed by atoms with Gasteiger partial charge < -0.3 is 9.64 Å². The summed E-state index contributed by atoms with van der Waals surface area (Å²) in [6.45, 7) is 6.37. The normalized spacial score (nSPS) is 12.6. The monoisotopic (exact) mass is 317 g/mol. The minimum Gasteiger partial charge on any atom is -0.383 e. The van der Waals surface area contributed by atoms with E-state index in [1.54, 1.807) is 12.0 Å². The van der Waals surface area contributed by atoms with Crippen molar-refractivity contribution in [3.05, 3.63) is 29.3 Å². The van der Waals surface area contributed by atoms with Gasteiger partial charge >= 0.3 is 0 Å². The van der Waals surface area contributed by atoms with E-state index in [-0.39, 0.29) is 11.9 Å². The summed E-state index contributed by atoms with van der Waals surface area (Å²) in [6, 6.07) is 5.84. The van der Waals surface area contributed by atoms with Gasteiger partial charge in [0.05, 0.1) is 18.3 Å². The van der Waals surface area contributed by atoms with Gasteiger partial charge in [0.15, 0.2) is 4.84 Å². The molecule has 0 spiro atoms. The molecule has 1 unspecified atom stereocenters. The van der Waals surface area contributed by atoms with Crippen molar-refractivity contribution in [2.75, 3.05) is 18.6 Å². The van der Waals surface area contributed by atoms with Gasteiger partial charge in [-0.15, -0.1) is 0 Å². The number of carbonyl (C=O) groups is 1. The van der Waals surface area contributed by atoms with Gasteiger partial charge in [-0.2, -0.15) is 0 Å². The highest BCUT2D eigenvalue weighted by molar-refractivity contribution is 6.54. The van der Waals surface area contributed by atoms with Crippen LogP contribution in [0.5, 0.6) is 0 Å². The lowest BCUT2D eigenvalue weighted by Crippen LogP contribution is -2.44. The fourth-order valence-electron chi connectivity index (χ4n) is 2.32. The van der Waals surface area contributed by atoms with Crippen LogP contribution in [0, 0.1) is 6.92 Å². The average Bonchev–Trinajstić information content (AvgIpc) is 2.40. The summed E-state index contributed by atoms with van der Waals surface area (Å²) in [4.78, 5) is 13.0. The maximum absolute atomic E-state index is 12.4. The minimum absolute atomic E-state index is 0.140. The van der Waals surface area contributed by atoms with E-state index in [4.69, 9.17) is 27.9 Å². The molecule has 20 heavy (non-hydrogen) atoms. The van der Waals surface area contributed by atoms with Crippen molar-refractivity contribution >= 4 is 34.8 Å². The Kier molecular flexibility index (Phi) is 6.80. The van der Waals surface area contributed by atoms with Gasteiger partial charge in [0.2, 0.25) is 0 Å². The highest BCUT2D eigenvalue weighted by Gasteiger charge is 2.29. The van der Waals surface area contributed by atoms with E-state index in [0.717, 1.165) is 23.2 Å². The maximum atomic E-state index is 12.4. The van der Waals surface area contributed by atoms with Crippen molar-refractivity contribution < 1.29 is 9.53 Å². The summed E-state index contributed by atoms with van der Waals surface area (Å²) < 4.78 is 5.17. The Balaban J connectivity index is 3.33. The van der Waals surface area contributed by atoms with Gasteiger partial charge in [-0.3, -0.25) is 4.79 Å². The lowest BCUT2D eigenvalue weighted by atomic mass is 10.0. The Morgan fingerprint density at radius 1 is 1.40 bits per heavy atom. The molecule has 3 nitrogen and oxygen atoms in total. The number of nitrogens with zero attached hydrogens (tertiary/aromatic N) is 1. The summed E-state index contributed by atoms with van der Waals surface area (Å²) in [6.07, 6.45) is 0.829. The van der Waals surface area contributed by atoms with Crippen LogP contribution >= 0.6 is 23.2 Å². The van der Waals surface area contributed by atoms with Crippen LogP contribution in [-0.2, 0) is 16.0 Å². The molecule has 0 aliphatic heterocycles. The lowest BCUT2D eigenvalue weighted by Gasteiger charge is -2.32. The molecule has 0 N–H and O–H groups in total. The molecule has 112 valence electrons. The molecule has 0 aliphatic carbocycles. The van der Waals surface area contributed by atoms with Crippen LogP contribution in [0.15, 0.2) is 18.2 Å². The first-order chi connectivity index (χ1) is 9.43. The fraction of sp³-hybridized carbons (Fsp3) is 0.533. The number of para-hydroxylation sites is 1. The molecular formula is C15H21Cl2NO2. The standard InChI is InChI=1S/C15H21Cl2NO2/c1-5-12-8-6-7-10(2)13(12)18(11(3)9-20-4)15(19)14(16)17/h6-8,11,14H,5,9H2,1-4H3. The maximum Gasteiger partial charge on any atom is 0.260 e. The summed E-state index contributed by atoms with van der Waals surface area (Å²) in [5, 5.41) is 0. The topological polar surface area (TPSA) is 29.5 Å².